The first kappa shape index (κ1) is 35.1. The fourth-order valence-corrected chi connectivity index (χ4v) is 34.6. The van der Waals surface area contributed by atoms with E-state index in [1.54, 1.807) is 0 Å². The highest BCUT2D eigenvalue weighted by atomic mass is 28.3. The van der Waals surface area contributed by atoms with Crippen molar-refractivity contribution in [2.24, 2.45) is 0 Å². The Kier molecular flexibility index (Phi) is 9.80. The first-order valence-corrected chi connectivity index (χ1v) is 22.8. The van der Waals surface area contributed by atoms with Crippen LogP contribution in [-0.4, -0.2) is 35.6 Å². The Labute approximate surface area is 244 Å². The van der Waals surface area contributed by atoms with Crippen LogP contribution in [0, 0.1) is 0 Å². The Bertz CT molecular complexity index is 921. The molecule has 2 rings (SSSR count). The first-order chi connectivity index (χ1) is 17.5. The molecule has 0 amide bonds. The van der Waals surface area contributed by atoms with E-state index in [9.17, 15) is 0 Å². The maximum Gasteiger partial charge on any atom is 0.220 e. The fraction of sp³-hybridized carbons (Fsp3) is 0.879. The van der Waals surface area contributed by atoms with Gasteiger partial charge < -0.3 is 0 Å². The Balaban J connectivity index is 3.34. The molecule has 0 N–H and O–H groups in total. The van der Waals surface area contributed by atoms with Gasteiger partial charge in [0.15, 0.2) is 5.67 Å². The van der Waals surface area contributed by atoms with Gasteiger partial charge in [-0.25, -0.2) is 13.2 Å². The maximum atomic E-state index is 18.7. The van der Waals surface area contributed by atoms with E-state index < -0.39 is 41.4 Å². The highest BCUT2D eigenvalue weighted by Crippen LogP contribution is 2.79. The van der Waals surface area contributed by atoms with Crippen LogP contribution in [0.15, 0.2) is 21.4 Å². The zero-order valence-electron chi connectivity index (χ0n) is 28.8. The van der Waals surface area contributed by atoms with Crippen LogP contribution in [-0.2, 0) is 0 Å². The van der Waals surface area contributed by atoms with Crippen molar-refractivity contribution < 1.29 is 13.2 Å². The van der Waals surface area contributed by atoms with E-state index >= 15 is 13.2 Å². The van der Waals surface area contributed by atoms with Crippen LogP contribution in [0.1, 0.15) is 125 Å². The van der Waals surface area contributed by atoms with E-state index in [-0.39, 0.29) is 49.9 Å². The summed E-state index contributed by atoms with van der Waals surface area (Å²) in [7, 11) is -8.14. The molecule has 0 aromatic carbocycles. The second-order valence-corrected chi connectivity index (χ2v) is 33.4. The largest absolute Gasteiger partial charge is 0.230 e. The van der Waals surface area contributed by atoms with E-state index in [2.05, 4.69) is 125 Å². The van der Waals surface area contributed by atoms with Crippen LogP contribution in [0.3, 0.4) is 0 Å². The molecule has 2 unspecified atom stereocenters. The molecule has 2 aliphatic carbocycles. The molecular formula is C33H63F3Si3. The molecule has 0 saturated carbocycles. The highest BCUT2D eigenvalue weighted by Gasteiger charge is 2.87. The van der Waals surface area contributed by atoms with E-state index in [4.69, 9.17) is 0 Å². The third-order valence-electron chi connectivity index (χ3n) is 12.2. The van der Waals surface area contributed by atoms with Gasteiger partial charge in [-0.2, -0.15) is 0 Å². The summed E-state index contributed by atoms with van der Waals surface area (Å²) in [6, 6.07) is 0. The molecule has 2 atom stereocenters. The van der Waals surface area contributed by atoms with Crippen molar-refractivity contribution in [1.29, 1.82) is 0 Å². The summed E-state index contributed by atoms with van der Waals surface area (Å²) in [5.41, 5.74) is -3.21. The summed E-state index contributed by atoms with van der Waals surface area (Å²) in [5, 5.41) is 1.81. The standard InChI is InChI=1S/C33H63F3Si3/c1-19(2)37(20(3)4,21(5)6)29-28(34)32(35)30(38(22(7)8,23(9)10)24(11)12)31(33(29,32)36)39(25(13)14,26(15)16)27(17)18/h19-27H,1-18H3. The first-order valence-electron chi connectivity index (χ1n) is 16.1. The predicted octanol–water partition coefficient (Wildman–Crippen LogP) is 12.6. The molecular weight excluding hydrogens is 538 g/mol. The molecule has 6 heteroatoms. The minimum atomic E-state index is -2.78. The lowest BCUT2D eigenvalue weighted by Crippen LogP contribution is -2.82. The van der Waals surface area contributed by atoms with Gasteiger partial charge >= 0.3 is 0 Å². The number of hydrogen-bond acceptors (Lipinski definition) is 0. The summed E-state index contributed by atoms with van der Waals surface area (Å²) in [6.45, 7) is 39.6. The van der Waals surface area contributed by atoms with E-state index in [1.807, 2.05) is 0 Å². The number of alkyl halides is 2. The van der Waals surface area contributed by atoms with E-state index in [1.165, 1.54) is 0 Å². The molecule has 0 spiro atoms. The molecule has 2 aliphatic rings. The van der Waals surface area contributed by atoms with Crippen LogP contribution in [0.2, 0.25) is 49.9 Å². The number of rotatable bonds is 12. The number of hydrogen-bond donors (Lipinski definition) is 0. The third kappa shape index (κ3) is 3.84. The van der Waals surface area contributed by atoms with Gasteiger partial charge in [-0.15, -0.1) is 0 Å². The van der Waals surface area contributed by atoms with Gasteiger partial charge in [0, 0.05) is 0 Å². The summed E-state index contributed by atoms with van der Waals surface area (Å²) in [6.07, 6.45) is 0. The molecule has 0 fully saturated rings. The lowest BCUT2D eigenvalue weighted by atomic mass is 9.65. The van der Waals surface area contributed by atoms with Gasteiger partial charge in [0.1, 0.15) is 5.83 Å². The van der Waals surface area contributed by atoms with Crippen LogP contribution in [0.25, 0.3) is 0 Å². The number of allylic oxidation sites excluding steroid dienone is 4. The Morgan fingerprint density at radius 3 is 0.744 bits per heavy atom. The average molecular weight is 601 g/mol. The maximum absolute atomic E-state index is 18.7. The number of fused-ring (bicyclic) bond motifs is 1. The quantitative estimate of drug-likeness (QED) is 0.195. The van der Waals surface area contributed by atoms with Gasteiger partial charge in [0.25, 0.3) is 0 Å². The van der Waals surface area contributed by atoms with Gasteiger partial charge in [-0.05, 0) is 65.5 Å². The van der Waals surface area contributed by atoms with Gasteiger partial charge in [0.05, 0.1) is 24.2 Å². The molecule has 228 valence electrons. The van der Waals surface area contributed by atoms with E-state index in [0.29, 0.717) is 10.4 Å². The second kappa shape index (κ2) is 10.9. The Hall–Kier alpha value is -0.0794. The SMILES string of the molecule is CC(C)[Si](C1=C(F)C2(F)C([Si](C(C)C)(C(C)C)C(C)C)=C([Si](C(C)C)(C(C)C)C(C)C)C12F)(C(C)C)C(C)C. The summed E-state index contributed by atoms with van der Waals surface area (Å²) >= 11 is 0. The topological polar surface area (TPSA) is 0 Å². The number of halogens is 3. The highest BCUT2D eigenvalue weighted by molar-refractivity contribution is 6.99. The minimum Gasteiger partial charge on any atom is -0.230 e. The molecule has 0 aromatic heterocycles. The zero-order chi connectivity index (χ0) is 31.0. The summed E-state index contributed by atoms with van der Waals surface area (Å²) < 4.78 is 53.9. The van der Waals surface area contributed by atoms with Crippen LogP contribution >= 0.6 is 0 Å². The van der Waals surface area contributed by atoms with Gasteiger partial charge in [-0.1, -0.05) is 125 Å². The second-order valence-electron chi connectivity index (χ2n) is 15.9. The van der Waals surface area contributed by atoms with Crippen LogP contribution < -0.4 is 0 Å². The van der Waals surface area contributed by atoms with Gasteiger partial charge in [0.2, 0.25) is 5.67 Å². The molecule has 0 saturated heterocycles. The molecule has 0 bridgehead atoms. The fourth-order valence-electron chi connectivity index (χ4n) is 11.6. The summed E-state index contributed by atoms with van der Waals surface area (Å²) in [4.78, 5) is 0. The van der Waals surface area contributed by atoms with Crippen molar-refractivity contribution in [3.05, 3.63) is 21.4 Å². The van der Waals surface area contributed by atoms with Crippen molar-refractivity contribution in [3.8, 4) is 0 Å². The molecule has 0 aromatic rings. The molecule has 0 aliphatic heterocycles. The lowest BCUT2D eigenvalue weighted by molar-refractivity contribution is -0.00547. The summed E-state index contributed by atoms with van der Waals surface area (Å²) in [5.74, 6) is -0.704. The minimum absolute atomic E-state index is 0.122. The van der Waals surface area contributed by atoms with Crippen LogP contribution in [0.4, 0.5) is 13.2 Å². The van der Waals surface area contributed by atoms with Crippen LogP contribution in [0.5, 0.6) is 0 Å². The van der Waals surface area contributed by atoms with Crippen molar-refractivity contribution in [2.75, 3.05) is 0 Å². The average Bonchev–Trinajstić information content (AvgIpc) is 2.75. The zero-order valence-corrected chi connectivity index (χ0v) is 31.8. The lowest BCUT2D eigenvalue weighted by Gasteiger charge is -2.72. The molecule has 39 heavy (non-hydrogen) atoms. The van der Waals surface area contributed by atoms with E-state index in [0.717, 1.165) is 5.20 Å². The van der Waals surface area contributed by atoms with Crippen molar-refractivity contribution in [2.45, 2.75) is 186 Å². The molecule has 0 nitrogen and oxygen atoms in total. The normalized spacial score (nSPS) is 25.1. The Morgan fingerprint density at radius 2 is 0.538 bits per heavy atom. The van der Waals surface area contributed by atoms with Crippen molar-refractivity contribution in [3.63, 3.8) is 0 Å². The van der Waals surface area contributed by atoms with Crippen molar-refractivity contribution >= 4 is 24.2 Å². The monoisotopic (exact) mass is 600 g/mol. The molecule has 0 heterocycles. The van der Waals surface area contributed by atoms with Crippen molar-refractivity contribution in [1.82, 2.24) is 0 Å². The smallest absolute Gasteiger partial charge is 0.220 e. The molecule has 0 radical (unpaired) electrons. The third-order valence-corrected chi connectivity index (χ3v) is 34.0. The predicted molar refractivity (Wildman–Crippen MR) is 176 cm³/mol. The Morgan fingerprint density at radius 1 is 0.359 bits per heavy atom. The van der Waals surface area contributed by atoms with Gasteiger partial charge in [-0.3, -0.25) is 0 Å².